The third-order valence-corrected chi connectivity index (χ3v) is 2.28. The maximum atomic E-state index is 11.3. The van der Waals surface area contributed by atoms with Gasteiger partial charge in [0.25, 0.3) is 0 Å². The van der Waals surface area contributed by atoms with E-state index in [9.17, 15) is 9.90 Å². The monoisotopic (exact) mass is 258 g/mol. The Balaban J connectivity index is 3.15. The predicted molar refractivity (Wildman–Crippen MR) is 56.9 cm³/mol. The number of phenolic OH excluding ortho intramolecular Hbond substituents is 1. The van der Waals surface area contributed by atoms with E-state index in [0.29, 0.717) is 6.42 Å². The summed E-state index contributed by atoms with van der Waals surface area (Å²) in [6.07, 6.45) is 0.679. The third kappa shape index (κ3) is 2.26. The predicted octanol–water partition coefficient (Wildman–Crippen LogP) is 2.12. The molecule has 0 atom stereocenters. The van der Waals surface area contributed by atoms with Gasteiger partial charge < -0.3 is 9.84 Å². The zero-order valence-electron chi connectivity index (χ0n) is 7.79. The van der Waals surface area contributed by atoms with Crippen LogP contribution in [0.2, 0.25) is 0 Å². The molecule has 1 N–H and O–H groups in total. The number of methoxy groups -OCH3 is 1. The van der Waals surface area contributed by atoms with Gasteiger partial charge in [-0.1, -0.05) is 28.1 Å². The molecule has 0 heterocycles. The Hall–Kier alpha value is -1.03. The topological polar surface area (TPSA) is 46.5 Å². The fourth-order valence-electron chi connectivity index (χ4n) is 1.23. The largest absolute Gasteiger partial charge is 0.507 e. The van der Waals surface area contributed by atoms with Gasteiger partial charge >= 0.3 is 5.97 Å². The van der Waals surface area contributed by atoms with E-state index in [1.165, 1.54) is 13.2 Å². The van der Waals surface area contributed by atoms with Crippen LogP contribution >= 0.6 is 15.9 Å². The number of rotatable bonds is 3. The Morgan fingerprint density at radius 2 is 2.29 bits per heavy atom. The van der Waals surface area contributed by atoms with Crippen LogP contribution in [0.25, 0.3) is 0 Å². The average Bonchev–Trinajstić information content (AvgIpc) is 2.18. The minimum absolute atomic E-state index is 0.0321. The molecule has 0 amide bonds. The molecule has 0 fully saturated rings. The number of ether oxygens (including phenoxy) is 1. The maximum absolute atomic E-state index is 11.3. The molecule has 1 rings (SSSR count). The lowest BCUT2D eigenvalue weighted by Crippen LogP contribution is -2.06. The number of hydrogen-bond donors (Lipinski definition) is 1. The summed E-state index contributed by atoms with van der Waals surface area (Å²) in [6.45, 7) is 0. The van der Waals surface area contributed by atoms with E-state index in [0.717, 1.165) is 10.9 Å². The third-order valence-electron chi connectivity index (χ3n) is 1.88. The molecule has 3 nitrogen and oxygen atoms in total. The van der Waals surface area contributed by atoms with Crippen LogP contribution in [0.5, 0.6) is 5.75 Å². The molecule has 0 aliphatic heterocycles. The van der Waals surface area contributed by atoms with Crippen LogP contribution in [-0.4, -0.2) is 23.5 Å². The number of carbonyl (C=O) groups excluding carboxylic acids is 1. The van der Waals surface area contributed by atoms with Crippen LogP contribution in [0.15, 0.2) is 18.2 Å². The van der Waals surface area contributed by atoms with Crippen LogP contribution in [0, 0.1) is 0 Å². The van der Waals surface area contributed by atoms with E-state index < -0.39 is 5.97 Å². The van der Waals surface area contributed by atoms with Crippen LogP contribution in [0.3, 0.4) is 0 Å². The summed E-state index contributed by atoms with van der Waals surface area (Å²) in [5, 5.41) is 10.2. The second-order valence-corrected chi connectivity index (χ2v) is 3.53. The summed E-state index contributed by atoms with van der Waals surface area (Å²) in [5.74, 6) is -0.533. The van der Waals surface area contributed by atoms with Crippen molar-refractivity contribution >= 4 is 21.9 Å². The summed E-state index contributed by atoms with van der Waals surface area (Å²) in [6, 6.07) is 4.98. The number of esters is 1. The van der Waals surface area contributed by atoms with Gasteiger partial charge in [-0.15, -0.1) is 0 Å². The number of halogens is 1. The molecule has 0 radical (unpaired) electrons. The van der Waals surface area contributed by atoms with E-state index in [1.54, 1.807) is 12.1 Å². The van der Waals surface area contributed by atoms with E-state index in [2.05, 4.69) is 20.7 Å². The van der Waals surface area contributed by atoms with Gasteiger partial charge in [-0.2, -0.15) is 0 Å². The first-order chi connectivity index (χ1) is 6.70. The quantitative estimate of drug-likeness (QED) is 0.668. The van der Waals surface area contributed by atoms with Crippen molar-refractivity contribution < 1.29 is 14.6 Å². The molecule has 14 heavy (non-hydrogen) atoms. The fraction of sp³-hybridized carbons (Fsp3) is 0.300. The molecule has 0 aliphatic carbocycles. The molecule has 0 aliphatic rings. The number of carbonyl (C=O) groups is 1. The van der Waals surface area contributed by atoms with Crippen LogP contribution in [-0.2, 0) is 11.2 Å². The normalized spacial score (nSPS) is 9.86. The highest BCUT2D eigenvalue weighted by Crippen LogP contribution is 2.22. The van der Waals surface area contributed by atoms with Gasteiger partial charge in [-0.25, -0.2) is 4.79 Å². The van der Waals surface area contributed by atoms with Gasteiger partial charge in [0, 0.05) is 5.33 Å². The van der Waals surface area contributed by atoms with E-state index in [4.69, 9.17) is 0 Å². The highest BCUT2D eigenvalue weighted by atomic mass is 79.9. The van der Waals surface area contributed by atoms with Crippen molar-refractivity contribution in [3.8, 4) is 5.75 Å². The van der Waals surface area contributed by atoms with Gasteiger partial charge in [-0.3, -0.25) is 0 Å². The zero-order valence-corrected chi connectivity index (χ0v) is 9.37. The van der Waals surface area contributed by atoms with Gasteiger partial charge in [0.05, 0.1) is 7.11 Å². The van der Waals surface area contributed by atoms with Crippen molar-refractivity contribution in [2.45, 2.75) is 6.42 Å². The van der Waals surface area contributed by atoms with E-state index in [-0.39, 0.29) is 11.3 Å². The molecular weight excluding hydrogens is 248 g/mol. The van der Waals surface area contributed by atoms with Crippen molar-refractivity contribution in [1.29, 1.82) is 0 Å². The van der Waals surface area contributed by atoms with Crippen LogP contribution < -0.4 is 0 Å². The minimum Gasteiger partial charge on any atom is -0.507 e. The summed E-state index contributed by atoms with van der Waals surface area (Å²) < 4.78 is 4.59. The van der Waals surface area contributed by atoms with Crippen molar-refractivity contribution in [2.75, 3.05) is 12.4 Å². The van der Waals surface area contributed by atoms with Crippen molar-refractivity contribution in [3.05, 3.63) is 29.3 Å². The lowest BCUT2D eigenvalue weighted by atomic mass is 10.0. The highest BCUT2D eigenvalue weighted by Gasteiger charge is 2.15. The second-order valence-electron chi connectivity index (χ2n) is 2.74. The molecule has 0 spiro atoms. The Labute approximate surface area is 90.8 Å². The molecule has 1 aromatic carbocycles. The standard InChI is InChI=1S/C10H11BrO3/c1-14-10(13)9-7(5-6-11)3-2-4-8(9)12/h2-4,12H,5-6H2,1H3. The molecular formula is C10H11BrO3. The van der Waals surface area contributed by atoms with E-state index in [1.807, 2.05) is 0 Å². The number of aromatic hydroxyl groups is 1. The summed E-state index contributed by atoms with van der Waals surface area (Å²) in [4.78, 5) is 11.3. The van der Waals surface area contributed by atoms with E-state index >= 15 is 0 Å². The zero-order chi connectivity index (χ0) is 10.6. The molecule has 0 aromatic heterocycles. The summed E-state index contributed by atoms with van der Waals surface area (Å²) >= 11 is 3.28. The first-order valence-electron chi connectivity index (χ1n) is 4.15. The number of hydrogen-bond acceptors (Lipinski definition) is 3. The van der Waals surface area contributed by atoms with Crippen molar-refractivity contribution in [3.63, 3.8) is 0 Å². The molecule has 0 bridgehead atoms. The van der Waals surface area contributed by atoms with Crippen molar-refractivity contribution in [2.24, 2.45) is 0 Å². The fourth-order valence-corrected chi connectivity index (χ4v) is 1.66. The Bertz CT molecular complexity index is 336. The number of phenols is 1. The lowest BCUT2D eigenvalue weighted by molar-refractivity contribution is 0.0596. The molecule has 0 saturated heterocycles. The Morgan fingerprint density at radius 1 is 1.57 bits per heavy atom. The summed E-state index contributed by atoms with van der Waals surface area (Å²) in [5.41, 5.74) is 1.04. The first kappa shape index (κ1) is 11.0. The molecule has 1 aromatic rings. The second kappa shape index (κ2) is 5.00. The smallest absolute Gasteiger partial charge is 0.341 e. The lowest BCUT2D eigenvalue weighted by Gasteiger charge is -2.07. The summed E-state index contributed by atoms with van der Waals surface area (Å²) in [7, 11) is 1.30. The SMILES string of the molecule is COC(=O)c1c(O)cccc1CCBr. The number of aryl methyl sites for hydroxylation is 1. The van der Waals surface area contributed by atoms with Gasteiger partial charge in [0.1, 0.15) is 11.3 Å². The first-order valence-corrected chi connectivity index (χ1v) is 5.28. The molecule has 0 unspecified atom stereocenters. The van der Waals surface area contributed by atoms with Crippen LogP contribution in [0.4, 0.5) is 0 Å². The number of alkyl halides is 1. The maximum Gasteiger partial charge on any atom is 0.341 e. The number of benzene rings is 1. The average molecular weight is 259 g/mol. The van der Waals surface area contributed by atoms with Gasteiger partial charge in [0.2, 0.25) is 0 Å². The molecule has 0 saturated carbocycles. The highest BCUT2D eigenvalue weighted by molar-refractivity contribution is 9.09. The molecule has 76 valence electrons. The van der Waals surface area contributed by atoms with Gasteiger partial charge in [0.15, 0.2) is 0 Å². The molecule has 4 heteroatoms. The van der Waals surface area contributed by atoms with Crippen molar-refractivity contribution in [1.82, 2.24) is 0 Å². The van der Waals surface area contributed by atoms with Gasteiger partial charge in [-0.05, 0) is 18.1 Å². The Morgan fingerprint density at radius 3 is 2.86 bits per heavy atom. The van der Waals surface area contributed by atoms with Crippen LogP contribution in [0.1, 0.15) is 15.9 Å². The Kier molecular flexibility index (Phi) is 3.95. The minimum atomic E-state index is -0.501.